The van der Waals surface area contributed by atoms with E-state index >= 15 is 0 Å². The van der Waals surface area contributed by atoms with Gasteiger partial charge in [0.05, 0.1) is 33.2 Å². The minimum absolute atomic E-state index is 0.288. The number of likely N-dealkylation sites (tertiary alicyclic amines) is 1. The third kappa shape index (κ3) is 5.13. The van der Waals surface area contributed by atoms with E-state index in [4.69, 9.17) is 0 Å². The molecule has 3 heteroatoms. The quantitative estimate of drug-likeness (QED) is 0.762. The van der Waals surface area contributed by atoms with E-state index in [-0.39, 0.29) is 5.91 Å². The van der Waals surface area contributed by atoms with E-state index in [0.29, 0.717) is 5.92 Å². The lowest BCUT2D eigenvalue weighted by atomic mass is 9.87. The molecule has 0 bridgehead atoms. The van der Waals surface area contributed by atoms with Crippen molar-refractivity contribution in [2.45, 2.75) is 57.8 Å². The summed E-state index contributed by atoms with van der Waals surface area (Å²) < 4.78 is 1.16. The number of nitrogens with zero attached hydrogens (tertiary/aromatic N) is 1. The molecule has 0 unspecified atom stereocenters. The topological polar surface area (TPSA) is 29.1 Å². The molecular weight excluding hydrogens is 236 g/mol. The summed E-state index contributed by atoms with van der Waals surface area (Å²) >= 11 is 0. The molecule has 1 aliphatic carbocycles. The van der Waals surface area contributed by atoms with Crippen LogP contribution in [0.3, 0.4) is 0 Å². The number of piperidine rings is 1. The SMILES string of the molecule is C[N+]1(CCNC(=O)CC2CCCCC2)CCCCC1. The van der Waals surface area contributed by atoms with Gasteiger partial charge in [0.1, 0.15) is 0 Å². The first-order chi connectivity index (χ1) is 9.18. The van der Waals surface area contributed by atoms with Crippen molar-refractivity contribution in [3.8, 4) is 0 Å². The third-order valence-corrected chi connectivity index (χ3v) is 5.07. The van der Waals surface area contributed by atoms with Crippen molar-refractivity contribution in [1.29, 1.82) is 0 Å². The Morgan fingerprint density at radius 2 is 1.68 bits per heavy atom. The Kier molecular flexibility index (Phi) is 5.68. The summed E-state index contributed by atoms with van der Waals surface area (Å²) in [5.41, 5.74) is 0. The summed E-state index contributed by atoms with van der Waals surface area (Å²) in [6.07, 6.45) is 11.4. The van der Waals surface area contributed by atoms with Crippen LogP contribution in [-0.2, 0) is 4.79 Å². The zero-order valence-corrected chi connectivity index (χ0v) is 12.6. The first kappa shape index (κ1) is 14.8. The molecule has 19 heavy (non-hydrogen) atoms. The maximum absolute atomic E-state index is 11.9. The minimum atomic E-state index is 0.288. The van der Waals surface area contributed by atoms with Crippen molar-refractivity contribution in [3.63, 3.8) is 0 Å². The van der Waals surface area contributed by atoms with E-state index in [1.54, 1.807) is 0 Å². The molecule has 0 aromatic carbocycles. The minimum Gasteiger partial charge on any atom is -0.350 e. The van der Waals surface area contributed by atoms with E-state index in [0.717, 1.165) is 24.0 Å². The van der Waals surface area contributed by atoms with E-state index in [9.17, 15) is 4.79 Å². The number of likely N-dealkylation sites (N-methyl/N-ethyl adjacent to an activating group) is 1. The zero-order valence-electron chi connectivity index (χ0n) is 12.6. The van der Waals surface area contributed by atoms with Crippen LogP contribution in [0.5, 0.6) is 0 Å². The van der Waals surface area contributed by atoms with Crippen LogP contribution in [0.25, 0.3) is 0 Å². The highest BCUT2D eigenvalue weighted by Crippen LogP contribution is 2.26. The van der Waals surface area contributed by atoms with Crippen LogP contribution in [0, 0.1) is 5.92 Å². The highest BCUT2D eigenvalue weighted by Gasteiger charge is 2.24. The molecule has 2 aliphatic rings. The van der Waals surface area contributed by atoms with Gasteiger partial charge in [-0.1, -0.05) is 19.3 Å². The smallest absolute Gasteiger partial charge is 0.220 e. The molecule has 1 amide bonds. The molecule has 2 rings (SSSR count). The predicted octanol–water partition coefficient (Wildman–Crippen LogP) is 2.70. The van der Waals surface area contributed by atoms with Gasteiger partial charge in [0.25, 0.3) is 0 Å². The maximum Gasteiger partial charge on any atom is 0.220 e. The number of rotatable bonds is 5. The number of amides is 1. The average Bonchev–Trinajstić information content (AvgIpc) is 2.40. The summed E-state index contributed by atoms with van der Waals surface area (Å²) in [6.45, 7) is 4.55. The second kappa shape index (κ2) is 7.28. The lowest BCUT2D eigenvalue weighted by Gasteiger charge is -2.37. The van der Waals surface area contributed by atoms with E-state index in [2.05, 4.69) is 12.4 Å². The summed E-state index contributed by atoms with van der Waals surface area (Å²) in [5.74, 6) is 0.948. The van der Waals surface area contributed by atoms with Gasteiger partial charge in [-0.15, -0.1) is 0 Å². The van der Waals surface area contributed by atoms with Crippen molar-refractivity contribution < 1.29 is 9.28 Å². The van der Waals surface area contributed by atoms with Crippen LogP contribution < -0.4 is 5.32 Å². The van der Waals surface area contributed by atoms with Gasteiger partial charge in [0.15, 0.2) is 0 Å². The summed E-state index contributed by atoms with van der Waals surface area (Å²) in [4.78, 5) is 11.9. The van der Waals surface area contributed by atoms with Gasteiger partial charge in [-0.3, -0.25) is 4.79 Å². The van der Waals surface area contributed by atoms with Crippen LogP contribution in [0.4, 0.5) is 0 Å². The molecular formula is C16H31N2O+. The molecule has 1 heterocycles. The monoisotopic (exact) mass is 267 g/mol. The van der Waals surface area contributed by atoms with Crippen molar-refractivity contribution in [1.82, 2.24) is 5.32 Å². The number of hydrogen-bond acceptors (Lipinski definition) is 1. The number of nitrogens with one attached hydrogen (secondary N) is 1. The first-order valence-electron chi connectivity index (χ1n) is 8.28. The Morgan fingerprint density at radius 1 is 1.05 bits per heavy atom. The van der Waals surface area contributed by atoms with Crippen LogP contribution >= 0.6 is 0 Å². The fraction of sp³-hybridized carbons (Fsp3) is 0.938. The summed E-state index contributed by atoms with van der Waals surface area (Å²) in [5, 5.41) is 3.15. The molecule has 0 aromatic rings. The second-order valence-corrected chi connectivity index (χ2v) is 6.91. The Labute approximate surface area is 118 Å². The molecule has 0 radical (unpaired) electrons. The largest absolute Gasteiger partial charge is 0.350 e. The lowest BCUT2D eigenvalue weighted by molar-refractivity contribution is -0.912. The normalized spacial score (nSPS) is 24.1. The Hall–Kier alpha value is -0.570. The molecule has 2 fully saturated rings. The van der Waals surface area contributed by atoms with Gasteiger partial charge in [0, 0.05) is 6.42 Å². The molecule has 0 atom stereocenters. The van der Waals surface area contributed by atoms with Gasteiger partial charge in [0.2, 0.25) is 5.91 Å². The van der Waals surface area contributed by atoms with Crippen LogP contribution in [0.2, 0.25) is 0 Å². The highest BCUT2D eigenvalue weighted by atomic mass is 16.1. The Balaban J connectivity index is 1.60. The van der Waals surface area contributed by atoms with Crippen molar-refractivity contribution >= 4 is 5.91 Å². The number of hydrogen-bond donors (Lipinski definition) is 1. The Morgan fingerprint density at radius 3 is 2.37 bits per heavy atom. The number of carbonyl (C=O) groups is 1. The lowest BCUT2D eigenvalue weighted by Crippen LogP contribution is -2.51. The van der Waals surface area contributed by atoms with Gasteiger partial charge >= 0.3 is 0 Å². The molecule has 0 aromatic heterocycles. The fourth-order valence-corrected chi connectivity index (χ4v) is 3.69. The molecule has 3 nitrogen and oxygen atoms in total. The Bertz CT molecular complexity index is 278. The van der Waals surface area contributed by atoms with Crippen molar-refractivity contribution in [3.05, 3.63) is 0 Å². The van der Waals surface area contributed by atoms with Crippen LogP contribution in [-0.4, -0.2) is 43.6 Å². The van der Waals surface area contributed by atoms with Gasteiger partial charge in [-0.2, -0.15) is 0 Å². The van der Waals surface area contributed by atoms with Gasteiger partial charge < -0.3 is 9.80 Å². The second-order valence-electron chi connectivity index (χ2n) is 6.91. The van der Waals surface area contributed by atoms with E-state index < -0.39 is 0 Å². The molecule has 1 aliphatic heterocycles. The van der Waals surface area contributed by atoms with Crippen LogP contribution in [0.1, 0.15) is 57.8 Å². The molecule has 1 saturated carbocycles. The third-order valence-electron chi connectivity index (χ3n) is 5.07. The predicted molar refractivity (Wildman–Crippen MR) is 78.8 cm³/mol. The first-order valence-corrected chi connectivity index (χ1v) is 8.28. The average molecular weight is 267 g/mol. The number of quaternary nitrogens is 1. The summed E-state index contributed by atoms with van der Waals surface area (Å²) in [7, 11) is 2.34. The number of carbonyl (C=O) groups excluding carboxylic acids is 1. The van der Waals surface area contributed by atoms with Crippen molar-refractivity contribution in [2.24, 2.45) is 5.92 Å². The van der Waals surface area contributed by atoms with E-state index in [1.807, 2.05) is 0 Å². The fourth-order valence-electron chi connectivity index (χ4n) is 3.69. The molecule has 0 spiro atoms. The van der Waals surface area contributed by atoms with E-state index in [1.165, 1.54) is 64.5 Å². The highest BCUT2D eigenvalue weighted by molar-refractivity contribution is 5.76. The summed E-state index contributed by atoms with van der Waals surface area (Å²) in [6, 6.07) is 0. The standard InChI is InChI=1S/C16H30N2O/c1-18(11-6-3-7-12-18)13-10-17-16(19)14-15-8-4-2-5-9-15/h15H,2-14H2,1H3/p+1. The van der Waals surface area contributed by atoms with Gasteiger partial charge in [-0.25, -0.2) is 0 Å². The maximum atomic E-state index is 11.9. The molecule has 110 valence electrons. The molecule has 1 saturated heterocycles. The van der Waals surface area contributed by atoms with Crippen molar-refractivity contribution in [2.75, 3.05) is 33.2 Å². The van der Waals surface area contributed by atoms with Crippen LogP contribution in [0.15, 0.2) is 0 Å². The molecule has 1 N–H and O–H groups in total. The zero-order chi connectivity index (χ0) is 13.6. The van der Waals surface area contributed by atoms with Gasteiger partial charge in [-0.05, 0) is 38.0 Å².